The minimum Gasteiger partial charge on any atom is -0.497 e. The second-order valence-corrected chi connectivity index (χ2v) is 5.66. The van der Waals surface area contributed by atoms with Crippen LogP contribution in [0.3, 0.4) is 0 Å². The van der Waals surface area contributed by atoms with E-state index in [1.54, 1.807) is 7.11 Å². The largest absolute Gasteiger partial charge is 0.497 e. The predicted octanol–water partition coefficient (Wildman–Crippen LogP) is 2.41. The molecule has 1 aliphatic rings. The van der Waals surface area contributed by atoms with E-state index in [9.17, 15) is 4.79 Å². The second kappa shape index (κ2) is 7.89. The number of hydrogen-bond donors (Lipinski definition) is 1. The zero-order valence-corrected chi connectivity index (χ0v) is 13.8. The van der Waals surface area contributed by atoms with Crippen molar-refractivity contribution >= 4 is 6.09 Å². The molecule has 124 valence electrons. The fourth-order valence-corrected chi connectivity index (χ4v) is 2.64. The number of piperidine rings is 1. The van der Waals surface area contributed by atoms with Crippen LogP contribution >= 0.6 is 0 Å². The van der Waals surface area contributed by atoms with Crippen LogP contribution in [0.2, 0.25) is 0 Å². The highest BCUT2D eigenvalue weighted by Crippen LogP contribution is 2.25. The Labute approximate surface area is 138 Å². The van der Waals surface area contributed by atoms with E-state index in [2.05, 4.69) is 23.1 Å². The third-order valence-electron chi connectivity index (χ3n) is 4.26. The van der Waals surface area contributed by atoms with Gasteiger partial charge in [0.15, 0.2) is 5.60 Å². The first-order chi connectivity index (χ1) is 11.1. The summed E-state index contributed by atoms with van der Waals surface area (Å²) in [5.74, 6) is 3.46. The summed E-state index contributed by atoms with van der Waals surface area (Å²) in [6.45, 7) is 5.21. The average molecular weight is 316 g/mol. The molecule has 1 fully saturated rings. The molecule has 1 aromatic carbocycles. The van der Waals surface area contributed by atoms with E-state index in [0.29, 0.717) is 19.4 Å². The maximum atomic E-state index is 12.1. The molecule has 0 spiro atoms. The lowest BCUT2D eigenvalue weighted by atomic mass is 9.92. The van der Waals surface area contributed by atoms with Gasteiger partial charge in [0.05, 0.1) is 7.11 Å². The fourth-order valence-electron chi connectivity index (χ4n) is 2.64. The number of amides is 1. The van der Waals surface area contributed by atoms with Gasteiger partial charge in [0, 0.05) is 32.5 Å². The topological polar surface area (TPSA) is 50.8 Å². The Hall–Kier alpha value is -2.19. The van der Waals surface area contributed by atoms with Gasteiger partial charge in [-0.25, -0.2) is 4.79 Å². The summed E-state index contributed by atoms with van der Waals surface area (Å²) < 4.78 is 10.7. The van der Waals surface area contributed by atoms with Crippen LogP contribution in [0.15, 0.2) is 24.3 Å². The smallest absolute Gasteiger partial charge is 0.408 e. The van der Waals surface area contributed by atoms with Gasteiger partial charge in [-0.1, -0.05) is 25.0 Å². The maximum Gasteiger partial charge on any atom is 0.408 e. The van der Waals surface area contributed by atoms with Crippen molar-refractivity contribution in [3.05, 3.63) is 29.8 Å². The number of terminal acetylenes is 1. The Morgan fingerprint density at radius 1 is 1.35 bits per heavy atom. The summed E-state index contributed by atoms with van der Waals surface area (Å²) in [5, 5.41) is 2.76. The van der Waals surface area contributed by atoms with Crippen molar-refractivity contribution in [2.75, 3.05) is 26.7 Å². The van der Waals surface area contributed by atoms with Gasteiger partial charge >= 0.3 is 6.09 Å². The molecule has 2 rings (SSSR count). The lowest BCUT2D eigenvalue weighted by molar-refractivity contribution is 0.00625. The molecule has 0 unspecified atom stereocenters. The van der Waals surface area contributed by atoms with Crippen molar-refractivity contribution in [1.29, 1.82) is 0 Å². The van der Waals surface area contributed by atoms with Gasteiger partial charge in [0.1, 0.15) is 5.75 Å². The quantitative estimate of drug-likeness (QED) is 0.848. The van der Waals surface area contributed by atoms with E-state index in [4.69, 9.17) is 15.9 Å². The van der Waals surface area contributed by atoms with E-state index in [1.165, 1.54) is 0 Å². The molecule has 0 aromatic heterocycles. The van der Waals surface area contributed by atoms with Gasteiger partial charge in [-0.05, 0) is 24.2 Å². The van der Waals surface area contributed by atoms with Gasteiger partial charge in [-0.15, -0.1) is 6.42 Å². The normalized spacial score (nSPS) is 17.1. The van der Waals surface area contributed by atoms with Gasteiger partial charge in [-0.3, -0.25) is 0 Å². The minimum atomic E-state index is -0.782. The van der Waals surface area contributed by atoms with Crippen LogP contribution in [0, 0.1) is 12.3 Å². The van der Waals surface area contributed by atoms with Gasteiger partial charge in [-0.2, -0.15) is 0 Å². The number of benzene rings is 1. The number of likely N-dealkylation sites (tertiary alicyclic amines) is 1. The summed E-state index contributed by atoms with van der Waals surface area (Å²) in [4.78, 5) is 14.4. The first-order valence-corrected chi connectivity index (χ1v) is 7.90. The maximum absolute atomic E-state index is 12.1. The average Bonchev–Trinajstić information content (AvgIpc) is 2.61. The van der Waals surface area contributed by atoms with Crippen LogP contribution in [0.5, 0.6) is 5.75 Å². The van der Waals surface area contributed by atoms with Crippen molar-refractivity contribution in [3.8, 4) is 18.1 Å². The number of methoxy groups -OCH3 is 1. The fraction of sp³-hybridized carbons (Fsp3) is 0.500. The van der Waals surface area contributed by atoms with Crippen LogP contribution in [-0.4, -0.2) is 43.3 Å². The summed E-state index contributed by atoms with van der Waals surface area (Å²) in [6.07, 6.45) is 6.50. The van der Waals surface area contributed by atoms with Crippen LogP contribution in [0.25, 0.3) is 0 Å². The summed E-state index contributed by atoms with van der Waals surface area (Å²) in [5.41, 5.74) is 0.189. The molecule has 1 aromatic rings. The third kappa shape index (κ3) is 4.64. The number of carbonyl (C=O) groups is 1. The Balaban J connectivity index is 1.84. The summed E-state index contributed by atoms with van der Waals surface area (Å²) >= 11 is 0. The Morgan fingerprint density at radius 3 is 2.52 bits per heavy atom. The molecule has 1 N–H and O–H groups in total. The molecule has 5 nitrogen and oxygen atoms in total. The monoisotopic (exact) mass is 316 g/mol. The lowest BCUT2D eigenvalue weighted by Crippen LogP contribution is -2.47. The molecule has 0 atom stereocenters. The zero-order chi connectivity index (χ0) is 16.7. The van der Waals surface area contributed by atoms with Crippen molar-refractivity contribution in [3.63, 3.8) is 0 Å². The van der Waals surface area contributed by atoms with Crippen molar-refractivity contribution in [2.24, 2.45) is 0 Å². The first-order valence-electron chi connectivity index (χ1n) is 7.90. The zero-order valence-electron chi connectivity index (χ0n) is 13.8. The number of nitrogens with one attached hydrogen (secondary N) is 1. The molecule has 23 heavy (non-hydrogen) atoms. The highest BCUT2D eigenvalue weighted by Gasteiger charge is 2.36. The van der Waals surface area contributed by atoms with E-state index in [-0.39, 0.29) is 0 Å². The molecule has 0 aliphatic carbocycles. The van der Waals surface area contributed by atoms with Gasteiger partial charge in [0.2, 0.25) is 0 Å². The molecular weight excluding hydrogens is 292 g/mol. The van der Waals surface area contributed by atoms with E-state index in [1.807, 2.05) is 24.3 Å². The molecule has 0 saturated carbocycles. The molecule has 0 bridgehead atoms. The van der Waals surface area contributed by atoms with E-state index < -0.39 is 11.7 Å². The minimum absolute atomic E-state index is 0.393. The molecule has 1 aliphatic heterocycles. The highest BCUT2D eigenvalue weighted by atomic mass is 16.6. The number of ether oxygens (including phenoxy) is 2. The van der Waals surface area contributed by atoms with Crippen molar-refractivity contribution in [1.82, 2.24) is 10.2 Å². The van der Waals surface area contributed by atoms with Crippen LogP contribution in [0.1, 0.15) is 25.3 Å². The van der Waals surface area contributed by atoms with Gasteiger partial charge < -0.3 is 19.7 Å². The number of hydrogen-bond acceptors (Lipinski definition) is 4. The summed E-state index contributed by atoms with van der Waals surface area (Å²) in [6, 6.07) is 7.50. The lowest BCUT2D eigenvalue weighted by Gasteiger charge is -2.37. The number of alkyl carbamates (subject to hydrolysis) is 1. The Morgan fingerprint density at radius 2 is 2.00 bits per heavy atom. The summed E-state index contributed by atoms with van der Waals surface area (Å²) in [7, 11) is 1.62. The molecule has 1 heterocycles. The Bertz CT molecular complexity index is 555. The number of rotatable bonds is 5. The van der Waals surface area contributed by atoms with Crippen molar-refractivity contribution < 1.29 is 14.3 Å². The molecule has 1 amide bonds. The SMILES string of the molecule is C#CC1(OC(=O)NCc2ccc(OC)cc2)CCN(CC)CC1. The van der Waals surface area contributed by atoms with Crippen LogP contribution in [-0.2, 0) is 11.3 Å². The second-order valence-electron chi connectivity index (χ2n) is 5.66. The molecule has 1 saturated heterocycles. The molecule has 0 radical (unpaired) electrons. The van der Waals surface area contributed by atoms with Crippen LogP contribution < -0.4 is 10.1 Å². The Kier molecular flexibility index (Phi) is 5.89. The molecular formula is C18H24N2O3. The molecule has 5 heteroatoms. The van der Waals surface area contributed by atoms with E-state index in [0.717, 1.165) is 30.9 Å². The van der Waals surface area contributed by atoms with E-state index >= 15 is 0 Å². The number of nitrogens with zero attached hydrogens (tertiary/aromatic N) is 1. The first kappa shape index (κ1) is 17.2. The van der Waals surface area contributed by atoms with Gasteiger partial charge in [0.25, 0.3) is 0 Å². The predicted molar refractivity (Wildman–Crippen MR) is 89.2 cm³/mol. The number of carbonyl (C=O) groups excluding carboxylic acids is 1. The van der Waals surface area contributed by atoms with Crippen molar-refractivity contribution in [2.45, 2.75) is 31.9 Å². The standard InChI is InChI=1S/C18H24N2O3/c1-4-18(10-12-20(5-2)13-11-18)23-17(21)19-14-15-6-8-16(22-3)9-7-15/h1,6-9H,5,10-14H2,2-3H3,(H,19,21). The third-order valence-corrected chi connectivity index (χ3v) is 4.26. The highest BCUT2D eigenvalue weighted by molar-refractivity contribution is 5.68. The van der Waals surface area contributed by atoms with Crippen LogP contribution in [0.4, 0.5) is 4.79 Å².